The van der Waals surface area contributed by atoms with E-state index in [2.05, 4.69) is 69.3 Å². The largest absolute Gasteiger partial charge is 0.508 e. The predicted octanol–water partition coefficient (Wildman–Crippen LogP) is 21.9. The van der Waals surface area contributed by atoms with Gasteiger partial charge in [-0.05, 0) is 233 Å². The van der Waals surface area contributed by atoms with Crippen LogP contribution in [-0.4, -0.2) is 35.7 Å². The molecular weight excluding hydrogens is 1220 g/mol. The Morgan fingerprint density at radius 2 is 0.490 bits per heavy atom. The highest BCUT2D eigenvalue weighted by Crippen LogP contribution is 2.56. The Morgan fingerprint density at radius 3 is 0.724 bits per heavy atom. The Hall–Kier alpha value is -12.1. The van der Waals surface area contributed by atoms with Crippen LogP contribution in [0.4, 0.5) is 0 Å². The van der Waals surface area contributed by atoms with Crippen LogP contribution in [0.3, 0.4) is 0 Å². The molecule has 98 heavy (non-hydrogen) atoms. The van der Waals surface area contributed by atoms with E-state index >= 15 is 0 Å². The maximum Gasteiger partial charge on any atom is 0.132 e. The van der Waals surface area contributed by atoms with Crippen LogP contribution < -0.4 is 14.2 Å². The van der Waals surface area contributed by atoms with Gasteiger partial charge in [0.25, 0.3) is 0 Å². The fourth-order valence-corrected chi connectivity index (χ4v) is 15.2. The van der Waals surface area contributed by atoms with Gasteiger partial charge in [-0.2, -0.15) is 0 Å². The minimum absolute atomic E-state index is 0.0408. The van der Waals surface area contributed by atoms with Gasteiger partial charge in [-0.25, -0.2) is 0 Å². The monoisotopic (exact) mass is 1280 g/mol. The van der Waals surface area contributed by atoms with Crippen LogP contribution in [0.1, 0.15) is 106 Å². The fraction of sp³-hybridized carbons (Fsp3) is 0.114. The van der Waals surface area contributed by atoms with Crippen molar-refractivity contribution in [2.75, 3.05) is 0 Å². The lowest BCUT2D eigenvalue weighted by atomic mass is 9.78. The van der Waals surface area contributed by atoms with Gasteiger partial charge in [0.1, 0.15) is 74.7 Å². The molecule has 0 saturated heterocycles. The smallest absolute Gasteiger partial charge is 0.132 e. The molecule has 15 aromatic carbocycles. The highest BCUT2D eigenvalue weighted by atomic mass is 16.5. The fourth-order valence-electron chi connectivity index (χ4n) is 15.2. The zero-order valence-corrected chi connectivity index (χ0v) is 54.0. The maximum atomic E-state index is 10.1. The molecule has 15 aromatic rings. The summed E-state index contributed by atoms with van der Waals surface area (Å²) in [5.74, 6) is 6.87. The molecule has 480 valence electrons. The lowest BCUT2D eigenvalue weighted by Gasteiger charge is -2.31. The summed E-state index contributed by atoms with van der Waals surface area (Å²) >= 11 is 0. The number of fused-ring (bicyclic) bond motifs is 18. The first-order chi connectivity index (χ1) is 47.7. The number of ether oxygens (including phenoxy) is 3. The molecule has 0 saturated carbocycles. The van der Waals surface area contributed by atoms with Crippen molar-refractivity contribution in [2.24, 2.45) is 5.92 Å². The maximum absolute atomic E-state index is 10.1. The van der Waals surface area contributed by atoms with Crippen molar-refractivity contribution in [3.63, 3.8) is 0 Å². The van der Waals surface area contributed by atoms with Crippen LogP contribution in [0.25, 0.3) is 64.6 Å². The molecule has 0 aromatic heterocycles. The van der Waals surface area contributed by atoms with E-state index in [0.717, 1.165) is 157 Å². The minimum Gasteiger partial charge on any atom is -0.508 e. The van der Waals surface area contributed by atoms with Crippen molar-refractivity contribution < 1.29 is 50.0 Å². The Balaban J connectivity index is 0.000000115. The van der Waals surface area contributed by atoms with Crippen LogP contribution >= 0.6 is 0 Å². The van der Waals surface area contributed by atoms with Gasteiger partial charge in [0.2, 0.25) is 0 Å². The van der Waals surface area contributed by atoms with Gasteiger partial charge < -0.3 is 50.0 Å². The molecular formula is C88H68O10. The van der Waals surface area contributed by atoms with E-state index in [1.165, 1.54) is 22.3 Å². The summed E-state index contributed by atoms with van der Waals surface area (Å²) < 4.78 is 19.3. The van der Waals surface area contributed by atoms with E-state index in [-0.39, 0.29) is 58.0 Å². The Kier molecular flexibility index (Phi) is 15.2. The number of phenols is 7. The molecule has 0 unspecified atom stereocenters. The number of hydrogen-bond donors (Lipinski definition) is 7. The summed E-state index contributed by atoms with van der Waals surface area (Å²) in [4.78, 5) is 0. The molecule has 0 atom stereocenters. The van der Waals surface area contributed by atoms with E-state index in [1.54, 1.807) is 84.9 Å². The number of aromatic hydroxyl groups is 7. The molecule has 7 N–H and O–H groups in total. The third kappa shape index (κ3) is 11.0. The van der Waals surface area contributed by atoms with E-state index in [1.807, 2.05) is 121 Å². The molecule has 3 aliphatic rings. The third-order valence-electron chi connectivity index (χ3n) is 19.5. The van der Waals surface area contributed by atoms with Gasteiger partial charge in [0.15, 0.2) is 0 Å². The van der Waals surface area contributed by atoms with Crippen LogP contribution in [0, 0.1) is 5.92 Å². The van der Waals surface area contributed by atoms with Gasteiger partial charge >= 0.3 is 0 Å². The molecule has 0 amide bonds. The standard InChI is InChI=1S/C31H26O3.C30H24O3.C27H18O4/c1-18(2)15-19-3-5-20(6-4-19)29-30-25-11-9-23(32)16-21(25)7-13-27(30)34-28-14-8-22-17-24(33)10-12-26(22)31(28)29;1-2-3-18-4-6-19(7-5-18)28-29-24-12-10-22(31)16-20(24)8-14-26(29)33-27-15-9-21-17-23(32)11-13-25(21)30(27)28;28-18-5-1-15(2-6-18)25-26-21-9-7-19(29)13-16(21)3-11-23(26)31-24-12-4-17-14-20(30)8-10-22(17)27(24)25/h3-14,16-18,29,32-33H,15H2,1-2H3;4-17,28,31-32H,2-3H2,1H3;1-14,25,28-30H. The second-order valence-electron chi connectivity index (χ2n) is 26.3. The highest BCUT2D eigenvalue weighted by Gasteiger charge is 2.36. The first kappa shape index (κ1) is 60.8. The number of benzene rings is 15. The topological polar surface area (TPSA) is 169 Å². The van der Waals surface area contributed by atoms with Gasteiger partial charge in [0, 0.05) is 51.1 Å². The first-order valence-electron chi connectivity index (χ1n) is 33.2. The average molecular weight is 1290 g/mol. The Labute approximate surface area is 566 Å². The van der Waals surface area contributed by atoms with Crippen molar-refractivity contribution in [2.45, 2.75) is 57.8 Å². The second-order valence-corrected chi connectivity index (χ2v) is 26.3. The van der Waals surface area contributed by atoms with Crippen LogP contribution in [-0.2, 0) is 12.8 Å². The summed E-state index contributed by atoms with van der Waals surface area (Å²) in [6.07, 6.45) is 3.22. The lowest BCUT2D eigenvalue weighted by molar-refractivity contribution is 0.455. The average Bonchev–Trinajstić information content (AvgIpc) is 0.740. The summed E-state index contributed by atoms with van der Waals surface area (Å²) in [6.45, 7) is 6.67. The number of hydrogen-bond acceptors (Lipinski definition) is 10. The van der Waals surface area contributed by atoms with Crippen molar-refractivity contribution >= 4 is 64.6 Å². The predicted molar refractivity (Wildman–Crippen MR) is 390 cm³/mol. The van der Waals surface area contributed by atoms with Gasteiger partial charge in [-0.15, -0.1) is 0 Å². The van der Waals surface area contributed by atoms with E-state index < -0.39 is 0 Å². The molecule has 0 radical (unpaired) electrons. The lowest BCUT2D eigenvalue weighted by Crippen LogP contribution is -2.13. The van der Waals surface area contributed by atoms with Crippen molar-refractivity contribution in [3.05, 3.63) is 316 Å². The van der Waals surface area contributed by atoms with Crippen LogP contribution in [0.5, 0.6) is 74.7 Å². The zero-order chi connectivity index (χ0) is 67.0. The molecule has 3 heterocycles. The van der Waals surface area contributed by atoms with E-state index in [9.17, 15) is 35.7 Å². The third-order valence-corrected chi connectivity index (χ3v) is 19.5. The number of phenolic OH excluding ortho intramolecular Hbond substituents is 7. The molecule has 0 aliphatic carbocycles. The number of aryl methyl sites for hydroxylation is 1. The van der Waals surface area contributed by atoms with Crippen molar-refractivity contribution in [1.29, 1.82) is 0 Å². The summed E-state index contributed by atoms with van der Waals surface area (Å²) in [5, 5.41) is 82.2. The van der Waals surface area contributed by atoms with E-state index in [4.69, 9.17) is 14.2 Å². The molecule has 18 rings (SSSR count). The molecule has 0 bridgehead atoms. The highest BCUT2D eigenvalue weighted by molar-refractivity contribution is 5.99. The Bertz CT molecular complexity index is 5390. The molecule has 10 heteroatoms. The van der Waals surface area contributed by atoms with Crippen molar-refractivity contribution in [1.82, 2.24) is 0 Å². The first-order valence-corrected chi connectivity index (χ1v) is 33.2. The summed E-state index contributed by atoms with van der Waals surface area (Å²) in [5.41, 5.74) is 12.5. The minimum atomic E-state index is -0.152. The molecule has 0 spiro atoms. The summed E-state index contributed by atoms with van der Waals surface area (Å²) in [6, 6.07) is 81.7. The zero-order valence-electron chi connectivity index (χ0n) is 54.0. The second kappa shape index (κ2) is 24.6. The van der Waals surface area contributed by atoms with Gasteiger partial charge in [0.05, 0.1) is 0 Å². The molecule has 0 fully saturated rings. The normalized spacial score (nSPS) is 13.1. The SMILES string of the molecule is CC(C)Cc1ccc(C2c3c(ccc4cc(O)ccc34)Oc3ccc4cc(O)ccc4c32)cc1.CCCc1ccc(C2c3c(ccc4cc(O)ccc34)Oc3ccc4cc(O)ccc4c32)cc1.Oc1ccc(C2c3c(ccc4cc(O)ccc34)Oc3ccc4cc(O)ccc4c32)cc1. The van der Waals surface area contributed by atoms with Gasteiger partial charge in [-0.3, -0.25) is 0 Å². The summed E-state index contributed by atoms with van der Waals surface area (Å²) in [7, 11) is 0. The van der Waals surface area contributed by atoms with Gasteiger partial charge in [-0.1, -0.05) is 161 Å². The van der Waals surface area contributed by atoms with Crippen molar-refractivity contribution in [3.8, 4) is 74.7 Å². The quantitative estimate of drug-likeness (QED) is 0.0815. The van der Waals surface area contributed by atoms with E-state index in [0.29, 0.717) is 5.92 Å². The molecule has 3 aliphatic heterocycles. The number of rotatable bonds is 7. The van der Waals surface area contributed by atoms with Crippen LogP contribution in [0.15, 0.2) is 255 Å². The Morgan fingerprint density at radius 1 is 0.265 bits per heavy atom. The molecule has 10 nitrogen and oxygen atoms in total. The van der Waals surface area contributed by atoms with Crippen LogP contribution in [0.2, 0.25) is 0 Å².